The first-order valence-corrected chi connectivity index (χ1v) is 15.1. The van der Waals surface area contributed by atoms with Gasteiger partial charge in [0.1, 0.15) is 5.60 Å². The van der Waals surface area contributed by atoms with Crippen LogP contribution in [0.1, 0.15) is 75.9 Å². The summed E-state index contributed by atoms with van der Waals surface area (Å²) in [7, 11) is 1.63. The second kappa shape index (κ2) is 15.1. The van der Waals surface area contributed by atoms with E-state index in [0.29, 0.717) is 42.9 Å². The van der Waals surface area contributed by atoms with Crippen LogP contribution in [-0.2, 0) is 27.2 Å². The van der Waals surface area contributed by atoms with Crippen molar-refractivity contribution in [2.75, 3.05) is 31.6 Å². The lowest BCUT2D eigenvalue weighted by molar-refractivity contribution is -0.163. The van der Waals surface area contributed by atoms with Gasteiger partial charge < -0.3 is 35.5 Å². The van der Waals surface area contributed by atoms with E-state index in [1.165, 1.54) is 0 Å². The van der Waals surface area contributed by atoms with Crippen LogP contribution >= 0.6 is 0 Å². The largest absolute Gasteiger partial charge is 0.487 e. The molecule has 0 radical (unpaired) electrons. The smallest absolute Gasteiger partial charge is 0.349 e. The molecular formula is C33H48N4O6. The van der Waals surface area contributed by atoms with Crippen molar-refractivity contribution >= 4 is 23.5 Å². The van der Waals surface area contributed by atoms with Gasteiger partial charge in [0.25, 0.3) is 5.91 Å². The van der Waals surface area contributed by atoms with Crippen molar-refractivity contribution in [2.45, 2.75) is 91.1 Å². The average molecular weight is 597 g/mol. The summed E-state index contributed by atoms with van der Waals surface area (Å²) in [6, 6.07) is 11.2. The molecule has 43 heavy (non-hydrogen) atoms. The van der Waals surface area contributed by atoms with Crippen molar-refractivity contribution in [3.05, 3.63) is 53.1 Å². The van der Waals surface area contributed by atoms with Gasteiger partial charge in [-0.15, -0.1) is 0 Å². The van der Waals surface area contributed by atoms with Crippen LogP contribution in [0.2, 0.25) is 0 Å². The summed E-state index contributed by atoms with van der Waals surface area (Å²) in [5.41, 5.74) is 8.56. The van der Waals surface area contributed by atoms with Crippen molar-refractivity contribution < 1.29 is 28.6 Å². The Balaban J connectivity index is 1.72. The van der Waals surface area contributed by atoms with E-state index in [-0.39, 0.29) is 24.6 Å². The Hall–Kier alpha value is -3.79. The standard InChI is InChI=1S/C33H48N4O6/c1-21(2)41-26-11-8-9-12-27(26)42-28(32(40)43-33(4,5)6)20-36-22(3)17-23-18-24-14-16-37(15-10-13-29(38)35-7)30(24)25(19-23)31(34)39/h8-9,11-12,18-19,21-22,28,36H,10,13-17,20H2,1-7H3,(H2,34,39)(H,35,38). The number of nitrogens with two attached hydrogens (primary N) is 1. The number of hydrogen-bond acceptors (Lipinski definition) is 8. The number of anilines is 1. The molecule has 0 aromatic heterocycles. The number of nitrogens with zero attached hydrogens (tertiary/aromatic N) is 1. The Kier molecular flexibility index (Phi) is 11.8. The van der Waals surface area contributed by atoms with Crippen LogP contribution in [0.5, 0.6) is 11.5 Å². The molecule has 0 spiro atoms. The van der Waals surface area contributed by atoms with E-state index in [9.17, 15) is 14.4 Å². The van der Waals surface area contributed by atoms with Crippen LogP contribution in [0.15, 0.2) is 36.4 Å². The molecule has 10 heteroatoms. The fraction of sp³-hybridized carbons (Fsp3) is 0.545. The van der Waals surface area contributed by atoms with Crippen molar-refractivity contribution in [2.24, 2.45) is 5.73 Å². The molecule has 2 aromatic rings. The second-order valence-corrected chi connectivity index (χ2v) is 12.3. The number of nitrogens with one attached hydrogen (secondary N) is 2. The lowest BCUT2D eigenvalue weighted by atomic mass is 9.98. The number of primary amides is 1. The Morgan fingerprint density at radius 3 is 2.33 bits per heavy atom. The van der Waals surface area contributed by atoms with Gasteiger partial charge in [-0.25, -0.2) is 4.79 Å². The SMILES string of the molecule is CNC(=O)CCCN1CCc2cc(CC(C)NCC(Oc3ccccc3OC(C)C)C(=O)OC(C)(C)C)cc(C(N)=O)c21. The van der Waals surface area contributed by atoms with E-state index in [1.807, 2.05) is 65.8 Å². The van der Waals surface area contributed by atoms with E-state index in [0.717, 1.165) is 29.8 Å². The Morgan fingerprint density at radius 1 is 1.05 bits per heavy atom. The highest BCUT2D eigenvalue weighted by atomic mass is 16.6. The topological polar surface area (TPSA) is 132 Å². The summed E-state index contributed by atoms with van der Waals surface area (Å²) in [6.45, 7) is 13.0. The van der Waals surface area contributed by atoms with E-state index in [4.69, 9.17) is 19.9 Å². The van der Waals surface area contributed by atoms with E-state index in [2.05, 4.69) is 21.6 Å². The maximum atomic E-state index is 13.2. The van der Waals surface area contributed by atoms with Crippen molar-refractivity contribution in [3.8, 4) is 11.5 Å². The van der Waals surface area contributed by atoms with Gasteiger partial charge in [-0.3, -0.25) is 9.59 Å². The number of carbonyl (C=O) groups excluding carboxylic acids is 3. The van der Waals surface area contributed by atoms with E-state index >= 15 is 0 Å². The Bertz CT molecular complexity index is 1270. The summed E-state index contributed by atoms with van der Waals surface area (Å²) < 4.78 is 17.7. The molecule has 2 unspecified atom stereocenters. The van der Waals surface area contributed by atoms with Gasteiger partial charge in [0.05, 0.1) is 17.4 Å². The Labute approximate surface area is 255 Å². The van der Waals surface area contributed by atoms with Crippen LogP contribution in [0.4, 0.5) is 5.69 Å². The molecule has 2 amide bonds. The summed E-state index contributed by atoms with van der Waals surface area (Å²) in [5, 5.41) is 6.06. The first kappa shape index (κ1) is 33.7. The minimum atomic E-state index is -0.914. The van der Waals surface area contributed by atoms with Gasteiger partial charge in [0.15, 0.2) is 11.5 Å². The number of benzene rings is 2. The van der Waals surface area contributed by atoms with Crippen molar-refractivity contribution in [3.63, 3.8) is 0 Å². The third-order valence-electron chi connectivity index (χ3n) is 6.94. The molecule has 10 nitrogen and oxygen atoms in total. The molecule has 3 rings (SSSR count). The van der Waals surface area contributed by atoms with E-state index < -0.39 is 23.6 Å². The number of para-hydroxylation sites is 2. The monoisotopic (exact) mass is 596 g/mol. The second-order valence-electron chi connectivity index (χ2n) is 12.3. The van der Waals surface area contributed by atoms with Gasteiger partial charge in [-0.05, 0) is 90.1 Å². The molecule has 0 fully saturated rings. The molecule has 0 saturated carbocycles. The summed E-state index contributed by atoms with van der Waals surface area (Å²) in [6.07, 6.45) is 1.56. The molecule has 1 aliphatic heterocycles. The quantitative estimate of drug-likeness (QED) is 0.265. The molecule has 236 valence electrons. The highest BCUT2D eigenvalue weighted by Gasteiger charge is 2.29. The lowest BCUT2D eigenvalue weighted by Crippen LogP contribution is -2.44. The molecule has 2 atom stereocenters. The van der Waals surface area contributed by atoms with Gasteiger partial charge in [-0.2, -0.15) is 0 Å². The number of hydrogen-bond donors (Lipinski definition) is 3. The van der Waals surface area contributed by atoms with Crippen molar-refractivity contribution in [1.82, 2.24) is 10.6 Å². The predicted molar refractivity (Wildman–Crippen MR) is 168 cm³/mol. The zero-order chi connectivity index (χ0) is 31.7. The molecular weight excluding hydrogens is 548 g/mol. The summed E-state index contributed by atoms with van der Waals surface area (Å²) in [5.74, 6) is 0.0676. The van der Waals surface area contributed by atoms with Crippen LogP contribution in [0, 0.1) is 0 Å². The van der Waals surface area contributed by atoms with Crippen LogP contribution in [0.3, 0.4) is 0 Å². The average Bonchev–Trinajstić information content (AvgIpc) is 3.32. The number of carbonyl (C=O) groups is 3. The minimum Gasteiger partial charge on any atom is -0.487 e. The number of amides is 2. The van der Waals surface area contributed by atoms with Crippen LogP contribution < -0.4 is 30.7 Å². The van der Waals surface area contributed by atoms with Crippen LogP contribution in [0.25, 0.3) is 0 Å². The predicted octanol–water partition coefficient (Wildman–Crippen LogP) is 3.77. The molecule has 0 aliphatic carbocycles. The number of rotatable bonds is 15. The first-order chi connectivity index (χ1) is 20.3. The maximum Gasteiger partial charge on any atom is 0.349 e. The zero-order valence-electron chi connectivity index (χ0n) is 26.6. The van der Waals surface area contributed by atoms with Crippen molar-refractivity contribution in [1.29, 1.82) is 0 Å². The highest BCUT2D eigenvalue weighted by Crippen LogP contribution is 2.34. The summed E-state index contributed by atoms with van der Waals surface area (Å²) in [4.78, 5) is 39.4. The number of fused-ring (bicyclic) bond motifs is 1. The van der Waals surface area contributed by atoms with E-state index in [1.54, 1.807) is 13.1 Å². The van der Waals surface area contributed by atoms with Crippen LogP contribution in [-0.4, -0.2) is 68.3 Å². The fourth-order valence-electron chi connectivity index (χ4n) is 5.10. The molecule has 1 aliphatic rings. The minimum absolute atomic E-state index is 0.00112. The van der Waals surface area contributed by atoms with Gasteiger partial charge in [-0.1, -0.05) is 18.2 Å². The number of esters is 1. The molecule has 2 aromatic carbocycles. The van der Waals surface area contributed by atoms with Gasteiger partial charge in [0, 0.05) is 39.1 Å². The van der Waals surface area contributed by atoms with Gasteiger partial charge >= 0.3 is 5.97 Å². The fourth-order valence-corrected chi connectivity index (χ4v) is 5.10. The Morgan fingerprint density at radius 2 is 1.72 bits per heavy atom. The molecule has 1 heterocycles. The third kappa shape index (κ3) is 10.2. The lowest BCUT2D eigenvalue weighted by Gasteiger charge is -2.26. The molecule has 0 bridgehead atoms. The highest BCUT2D eigenvalue weighted by molar-refractivity contribution is 6.00. The number of ether oxygens (including phenoxy) is 3. The summed E-state index contributed by atoms with van der Waals surface area (Å²) >= 11 is 0. The van der Waals surface area contributed by atoms with Gasteiger partial charge in [0.2, 0.25) is 12.0 Å². The third-order valence-corrected chi connectivity index (χ3v) is 6.94. The molecule has 4 N–H and O–H groups in total. The normalized spacial score (nSPS) is 14.2. The molecule has 0 saturated heterocycles. The first-order valence-electron chi connectivity index (χ1n) is 15.1. The maximum absolute atomic E-state index is 13.2. The zero-order valence-corrected chi connectivity index (χ0v) is 26.6.